The van der Waals surface area contributed by atoms with Crippen LogP contribution in [0.3, 0.4) is 0 Å². The number of piperidine rings is 1. The lowest BCUT2D eigenvalue weighted by Crippen LogP contribution is -2.55. The lowest BCUT2D eigenvalue weighted by molar-refractivity contribution is -0.138. The van der Waals surface area contributed by atoms with Gasteiger partial charge in [0.15, 0.2) is 0 Å². The fraction of sp³-hybridized carbons (Fsp3) is 0.600. The summed E-state index contributed by atoms with van der Waals surface area (Å²) >= 11 is 0. The molecule has 6 nitrogen and oxygen atoms in total. The summed E-state index contributed by atoms with van der Waals surface area (Å²) in [6, 6.07) is 9.87. The number of nitrogens with zero attached hydrogens (tertiary/aromatic N) is 3. The van der Waals surface area contributed by atoms with Gasteiger partial charge in [0.2, 0.25) is 11.8 Å². The van der Waals surface area contributed by atoms with Crippen LogP contribution in [-0.4, -0.2) is 73.5 Å². The zero-order valence-corrected chi connectivity index (χ0v) is 15.3. The zero-order chi connectivity index (χ0) is 17.9. The third kappa shape index (κ3) is 3.48. The predicted octanol–water partition coefficient (Wildman–Crippen LogP) is 0.936. The number of rotatable bonds is 3. The SMILES string of the molecule is O=C(C1CCCNC1)N1CCN(C2CCN(c3ccccc3)C2=O)CC1. The first-order valence-corrected chi connectivity index (χ1v) is 9.84. The van der Waals surface area contributed by atoms with Crippen molar-refractivity contribution in [3.8, 4) is 0 Å². The van der Waals surface area contributed by atoms with Crippen molar-refractivity contribution in [2.24, 2.45) is 5.92 Å². The van der Waals surface area contributed by atoms with E-state index in [1.807, 2.05) is 40.1 Å². The molecule has 2 atom stereocenters. The highest BCUT2D eigenvalue weighted by molar-refractivity contribution is 5.99. The first-order valence-electron chi connectivity index (χ1n) is 9.84. The van der Waals surface area contributed by atoms with E-state index in [-0.39, 0.29) is 17.9 Å². The van der Waals surface area contributed by atoms with Crippen molar-refractivity contribution < 1.29 is 9.59 Å². The Bertz CT molecular complexity index is 636. The molecule has 3 saturated heterocycles. The van der Waals surface area contributed by atoms with Gasteiger partial charge in [-0.15, -0.1) is 0 Å². The number of para-hydroxylation sites is 1. The van der Waals surface area contributed by atoms with Crippen LogP contribution in [0.15, 0.2) is 30.3 Å². The average molecular weight is 356 g/mol. The van der Waals surface area contributed by atoms with E-state index in [4.69, 9.17) is 0 Å². The van der Waals surface area contributed by atoms with Gasteiger partial charge in [0.1, 0.15) is 0 Å². The maximum absolute atomic E-state index is 12.9. The van der Waals surface area contributed by atoms with Crippen molar-refractivity contribution in [2.45, 2.75) is 25.3 Å². The maximum atomic E-state index is 12.9. The third-order valence-corrected chi connectivity index (χ3v) is 5.96. The van der Waals surface area contributed by atoms with E-state index in [1.54, 1.807) is 0 Å². The lowest BCUT2D eigenvalue weighted by atomic mass is 9.97. The molecule has 1 aromatic carbocycles. The van der Waals surface area contributed by atoms with Gasteiger partial charge in [-0.25, -0.2) is 0 Å². The molecule has 0 aliphatic carbocycles. The molecule has 1 N–H and O–H groups in total. The molecular formula is C20H28N4O2. The van der Waals surface area contributed by atoms with Gasteiger partial charge in [-0.3, -0.25) is 14.5 Å². The molecule has 1 aromatic rings. The number of benzene rings is 1. The fourth-order valence-electron chi connectivity index (χ4n) is 4.44. The number of carbonyl (C=O) groups is 2. The molecule has 3 aliphatic rings. The molecule has 3 aliphatic heterocycles. The van der Waals surface area contributed by atoms with Crippen LogP contribution in [0.4, 0.5) is 5.69 Å². The number of piperazine rings is 1. The van der Waals surface area contributed by atoms with E-state index < -0.39 is 0 Å². The van der Waals surface area contributed by atoms with Crippen molar-refractivity contribution in [2.75, 3.05) is 50.7 Å². The summed E-state index contributed by atoms with van der Waals surface area (Å²) in [5.41, 5.74) is 0.985. The minimum absolute atomic E-state index is 0.0381. The number of hydrogen-bond acceptors (Lipinski definition) is 4. The van der Waals surface area contributed by atoms with Crippen LogP contribution in [0.25, 0.3) is 0 Å². The van der Waals surface area contributed by atoms with E-state index in [2.05, 4.69) is 10.2 Å². The molecule has 4 rings (SSSR count). The quantitative estimate of drug-likeness (QED) is 0.876. The van der Waals surface area contributed by atoms with Crippen LogP contribution in [0.2, 0.25) is 0 Å². The van der Waals surface area contributed by atoms with Gasteiger partial charge in [-0.05, 0) is 37.9 Å². The summed E-state index contributed by atoms with van der Waals surface area (Å²) in [7, 11) is 0. The number of amides is 2. The van der Waals surface area contributed by atoms with Gasteiger partial charge < -0.3 is 15.1 Å². The van der Waals surface area contributed by atoms with Gasteiger partial charge in [0, 0.05) is 45.0 Å². The van der Waals surface area contributed by atoms with Crippen molar-refractivity contribution in [3.05, 3.63) is 30.3 Å². The molecule has 3 fully saturated rings. The second kappa shape index (κ2) is 7.76. The van der Waals surface area contributed by atoms with Gasteiger partial charge in [-0.1, -0.05) is 18.2 Å². The second-order valence-corrected chi connectivity index (χ2v) is 7.53. The molecule has 0 saturated carbocycles. The largest absolute Gasteiger partial charge is 0.340 e. The van der Waals surface area contributed by atoms with Gasteiger partial charge in [0.05, 0.1) is 12.0 Å². The summed E-state index contributed by atoms with van der Waals surface area (Å²) in [6.07, 6.45) is 2.95. The van der Waals surface area contributed by atoms with Crippen LogP contribution >= 0.6 is 0 Å². The first kappa shape index (κ1) is 17.5. The fourth-order valence-corrected chi connectivity index (χ4v) is 4.44. The molecule has 140 valence electrons. The van der Waals surface area contributed by atoms with Crippen molar-refractivity contribution in [1.82, 2.24) is 15.1 Å². The van der Waals surface area contributed by atoms with Gasteiger partial charge in [-0.2, -0.15) is 0 Å². The van der Waals surface area contributed by atoms with E-state index in [0.29, 0.717) is 5.91 Å². The minimum atomic E-state index is -0.0381. The molecule has 0 radical (unpaired) electrons. The average Bonchev–Trinajstić information content (AvgIpc) is 3.10. The Balaban J connectivity index is 1.32. The Labute approximate surface area is 155 Å². The standard InChI is InChI=1S/C20H28N4O2/c25-19(16-5-4-9-21-15-16)23-13-11-22(12-14-23)18-8-10-24(20(18)26)17-6-2-1-3-7-17/h1-3,6-7,16,18,21H,4-5,8-15H2. The molecule has 2 amide bonds. The number of nitrogens with one attached hydrogen (secondary N) is 1. The molecule has 3 heterocycles. The van der Waals surface area contributed by atoms with E-state index in [9.17, 15) is 9.59 Å². The van der Waals surface area contributed by atoms with Crippen LogP contribution < -0.4 is 10.2 Å². The smallest absolute Gasteiger partial charge is 0.244 e. The second-order valence-electron chi connectivity index (χ2n) is 7.53. The van der Waals surface area contributed by atoms with Crippen molar-refractivity contribution in [1.29, 1.82) is 0 Å². The summed E-state index contributed by atoms with van der Waals surface area (Å²) in [5.74, 6) is 0.630. The highest BCUT2D eigenvalue weighted by Crippen LogP contribution is 2.25. The van der Waals surface area contributed by atoms with Crippen LogP contribution in [-0.2, 0) is 9.59 Å². The zero-order valence-electron chi connectivity index (χ0n) is 15.3. The third-order valence-electron chi connectivity index (χ3n) is 5.96. The number of hydrogen-bond donors (Lipinski definition) is 1. The summed E-state index contributed by atoms with van der Waals surface area (Å²) in [5, 5.41) is 3.33. The normalized spacial score (nSPS) is 27.8. The highest BCUT2D eigenvalue weighted by atomic mass is 16.2. The van der Waals surface area contributed by atoms with E-state index >= 15 is 0 Å². The molecule has 0 aromatic heterocycles. The summed E-state index contributed by atoms with van der Waals surface area (Å²) in [6.45, 7) is 5.69. The predicted molar refractivity (Wildman–Crippen MR) is 101 cm³/mol. The van der Waals surface area contributed by atoms with Gasteiger partial charge >= 0.3 is 0 Å². The maximum Gasteiger partial charge on any atom is 0.244 e. The van der Waals surface area contributed by atoms with Crippen LogP contribution in [0.5, 0.6) is 0 Å². The van der Waals surface area contributed by atoms with Crippen molar-refractivity contribution in [3.63, 3.8) is 0 Å². The van der Waals surface area contributed by atoms with E-state index in [0.717, 1.165) is 70.8 Å². The van der Waals surface area contributed by atoms with E-state index in [1.165, 1.54) is 0 Å². The molecule has 26 heavy (non-hydrogen) atoms. The molecule has 0 spiro atoms. The van der Waals surface area contributed by atoms with Crippen molar-refractivity contribution >= 4 is 17.5 Å². The van der Waals surface area contributed by atoms with Crippen LogP contribution in [0.1, 0.15) is 19.3 Å². The van der Waals surface area contributed by atoms with Crippen LogP contribution in [0, 0.1) is 5.92 Å². The number of anilines is 1. The molecule has 6 heteroatoms. The Morgan fingerprint density at radius 3 is 2.46 bits per heavy atom. The lowest BCUT2D eigenvalue weighted by Gasteiger charge is -2.39. The highest BCUT2D eigenvalue weighted by Gasteiger charge is 2.38. The Morgan fingerprint density at radius 1 is 1.00 bits per heavy atom. The Morgan fingerprint density at radius 2 is 1.77 bits per heavy atom. The van der Waals surface area contributed by atoms with Gasteiger partial charge in [0.25, 0.3) is 0 Å². The Hall–Kier alpha value is -1.92. The topological polar surface area (TPSA) is 55.9 Å². The molecule has 2 unspecified atom stereocenters. The molecule has 0 bridgehead atoms. The number of carbonyl (C=O) groups excluding carboxylic acids is 2. The summed E-state index contributed by atoms with van der Waals surface area (Å²) in [4.78, 5) is 31.7. The molecular weight excluding hydrogens is 328 g/mol. The monoisotopic (exact) mass is 356 g/mol. The Kier molecular flexibility index (Phi) is 5.22. The summed E-state index contributed by atoms with van der Waals surface area (Å²) < 4.78 is 0. The first-order chi connectivity index (χ1) is 12.7. The minimum Gasteiger partial charge on any atom is -0.340 e.